The van der Waals surface area contributed by atoms with Gasteiger partial charge in [0.15, 0.2) is 7.28 Å². The number of benzene rings is 1. The van der Waals surface area contributed by atoms with Gasteiger partial charge in [0.05, 0.1) is 0 Å². The summed E-state index contributed by atoms with van der Waals surface area (Å²) in [5.41, 5.74) is 4.30. The Balaban J connectivity index is 1.93. The molecule has 0 N–H and O–H groups in total. The smallest absolute Gasteiger partial charge is 0.162 e. The van der Waals surface area contributed by atoms with Crippen molar-refractivity contribution in [1.82, 2.24) is 0 Å². The van der Waals surface area contributed by atoms with Crippen molar-refractivity contribution in [2.75, 3.05) is 0 Å². The topological polar surface area (TPSA) is 0 Å². The van der Waals surface area contributed by atoms with Crippen molar-refractivity contribution in [2.24, 2.45) is 0 Å². The van der Waals surface area contributed by atoms with Crippen LogP contribution < -0.4 is 4.78 Å². The van der Waals surface area contributed by atoms with Crippen molar-refractivity contribution in [3.8, 4) is 10.4 Å². The lowest BCUT2D eigenvalue weighted by Crippen LogP contribution is -2.01. The molecule has 1 aromatic carbocycles. The molecule has 3 rings (SSSR count). The van der Waals surface area contributed by atoms with Gasteiger partial charge in [0, 0.05) is 10.4 Å². The van der Waals surface area contributed by atoms with Crippen LogP contribution in [-0.4, -0.2) is 7.28 Å². The summed E-state index contributed by atoms with van der Waals surface area (Å²) >= 11 is 1.62. The third-order valence-electron chi connectivity index (χ3n) is 3.87. The van der Waals surface area contributed by atoms with E-state index in [-0.39, 0.29) is 5.82 Å². The number of allylic oxidation sites excluding steroid dienone is 4. The van der Waals surface area contributed by atoms with Crippen molar-refractivity contribution in [2.45, 2.75) is 26.6 Å². The SMILES string of the molecule is C[B]c1ccc(-c2ccc(C3=CC=C(C)CC3)cc2F)s1. The first-order valence-corrected chi connectivity index (χ1v) is 8.05. The average Bonchev–Trinajstić information content (AvgIpc) is 2.96. The molecule has 21 heavy (non-hydrogen) atoms. The standard InChI is InChI=1S/C18H17BFS/c1-12-3-5-13(6-4-12)14-7-8-15(16(20)11-14)17-9-10-18(19-2)21-17/h3,5,7-11H,4,6H2,1-2H3. The van der Waals surface area contributed by atoms with E-state index in [2.05, 4.69) is 19.1 Å². The van der Waals surface area contributed by atoms with Gasteiger partial charge in [-0.25, -0.2) is 4.39 Å². The van der Waals surface area contributed by atoms with E-state index in [4.69, 9.17) is 0 Å². The molecule has 0 fully saturated rings. The molecule has 0 aliphatic heterocycles. The van der Waals surface area contributed by atoms with Crippen molar-refractivity contribution in [3.63, 3.8) is 0 Å². The summed E-state index contributed by atoms with van der Waals surface area (Å²) in [6, 6.07) is 9.63. The lowest BCUT2D eigenvalue weighted by molar-refractivity contribution is 0.631. The average molecular weight is 295 g/mol. The maximum atomic E-state index is 14.4. The Morgan fingerprint density at radius 1 is 1.10 bits per heavy atom. The summed E-state index contributed by atoms with van der Waals surface area (Å²) in [7, 11) is 2.04. The second-order valence-electron chi connectivity index (χ2n) is 5.39. The van der Waals surface area contributed by atoms with Crippen LogP contribution in [0, 0.1) is 5.82 Å². The normalized spacial score (nSPS) is 14.6. The molecule has 0 atom stereocenters. The van der Waals surface area contributed by atoms with Crippen LogP contribution in [0.4, 0.5) is 4.39 Å². The van der Waals surface area contributed by atoms with Gasteiger partial charge < -0.3 is 0 Å². The number of rotatable bonds is 3. The van der Waals surface area contributed by atoms with Crippen LogP contribution in [0.25, 0.3) is 16.0 Å². The zero-order chi connectivity index (χ0) is 14.8. The van der Waals surface area contributed by atoms with E-state index in [0.717, 1.165) is 23.3 Å². The lowest BCUT2D eigenvalue weighted by atomic mass is 9.81. The summed E-state index contributed by atoms with van der Waals surface area (Å²) in [5.74, 6) is -0.135. The molecule has 1 radical (unpaired) electrons. The highest BCUT2D eigenvalue weighted by molar-refractivity contribution is 7.24. The van der Waals surface area contributed by atoms with Crippen LogP contribution in [0.15, 0.2) is 48.1 Å². The molecule has 0 bridgehead atoms. The minimum atomic E-state index is -0.135. The number of halogens is 1. The van der Waals surface area contributed by atoms with E-state index in [0.29, 0.717) is 5.56 Å². The molecular formula is C18H17BFS. The first-order valence-electron chi connectivity index (χ1n) is 7.23. The molecule has 1 aliphatic carbocycles. The summed E-state index contributed by atoms with van der Waals surface area (Å²) in [5, 5.41) is 0. The zero-order valence-electron chi connectivity index (χ0n) is 12.3. The van der Waals surface area contributed by atoms with Crippen LogP contribution >= 0.6 is 11.3 Å². The van der Waals surface area contributed by atoms with Crippen molar-refractivity contribution >= 4 is 29.0 Å². The molecule has 2 aromatic rings. The van der Waals surface area contributed by atoms with Gasteiger partial charge in [-0.2, -0.15) is 11.3 Å². The Labute approximate surface area is 130 Å². The summed E-state index contributed by atoms with van der Waals surface area (Å²) in [6.07, 6.45) is 6.31. The summed E-state index contributed by atoms with van der Waals surface area (Å²) in [4.78, 5) is 0.987. The van der Waals surface area contributed by atoms with E-state index in [9.17, 15) is 4.39 Å². The lowest BCUT2D eigenvalue weighted by Gasteiger charge is -2.13. The van der Waals surface area contributed by atoms with Gasteiger partial charge >= 0.3 is 0 Å². The number of hydrogen-bond donors (Lipinski definition) is 0. The van der Waals surface area contributed by atoms with Gasteiger partial charge in [-0.3, -0.25) is 0 Å². The Kier molecular flexibility index (Phi) is 4.11. The maximum absolute atomic E-state index is 14.4. The fraction of sp³-hybridized carbons (Fsp3) is 0.222. The third-order valence-corrected chi connectivity index (χ3v) is 5.06. The van der Waals surface area contributed by atoms with Gasteiger partial charge in [-0.1, -0.05) is 42.7 Å². The zero-order valence-corrected chi connectivity index (χ0v) is 13.1. The molecular weight excluding hydrogens is 278 g/mol. The van der Waals surface area contributed by atoms with Crippen molar-refractivity contribution < 1.29 is 4.39 Å². The molecule has 0 nitrogen and oxygen atoms in total. The fourth-order valence-corrected chi connectivity index (χ4v) is 3.47. The molecule has 0 saturated carbocycles. The first-order chi connectivity index (χ1) is 10.2. The third kappa shape index (κ3) is 3.03. The minimum absolute atomic E-state index is 0.135. The predicted octanol–water partition coefficient (Wildman–Crippen LogP) is 5.06. The van der Waals surface area contributed by atoms with Crippen LogP contribution in [0.2, 0.25) is 6.82 Å². The molecule has 1 aromatic heterocycles. The molecule has 0 saturated heterocycles. The van der Waals surface area contributed by atoms with E-state index in [1.165, 1.54) is 15.9 Å². The van der Waals surface area contributed by atoms with E-state index in [1.54, 1.807) is 17.4 Å². The quantitative estimate of drug-likeness (QED) is 0.695. The second kappa shape index (κ2) is 6.02. The Morgan fingerprint density at radius 3 is 2.57 bits per heavy atom. The Morgan fingerprint density at radius 2 is 1.95 bits per heavy atom. The highest BCUT2D eigenvalue weighted by Gasteiger charge is 2.12. The van der Waals surface area contributed by atoms with Gasteiger partial charge in [-0.15, -0.1) is 0 Å². The van der Waals surface area contributed by atoms with Gasteiger partial charge in [-0.05, 0) is 47.8 Å². The molecule has 1 heterocycles. The predicted molar refractivity (Wildman–Crippen MR) is 91.9 cm³/mol. The molecule has 105 valence electrons. The van der Waals surface area contributed by atoms with Gasteiger partial charge in [0.1, 0.15) is 5.82 Å². The van der Waals surface area contributed by atoms with Crippen molar-refractivity contribution in [3.05, 3.63) is 59.4 Å². The van der Waals surface area contributed by atoms with Crippen LogP contribution in [0.1, 0.15) is 25.3 Å². The maximum Gasteiger partial charge on any atom is 0.162 e. The van der Waals surface area contributed by atoms with Crippen molar-refractivity contribution in [1.29, 1.82) is 0 Å². The van der Waals surface area contributed by atoms with E-state index in [1.807, 2.05) is 38.4 Å². The summed E-state index contributed by atoms with van der Waals surface area (Å²) < 4.78 is 15.6. The Bertz CT molecular complexity index is 725. The molecule has 1 aliphatic rings. The number of hydrogen-bond acceptors (Lipinski definition) is 1. The van der Waals surface area contributed by atoms with Gasteiger partial charge in [0.25, 0.3) is 0 Å². The van der Waals surface area contributed by atoms with Crippen LogP contribution in [0.5, 0.6) is 0 Å². The first kappa shape index (κ1) is 14.3. The fourth-order valence-electron chi connectivity index (χ4n) is 2.55. The second-order valence-corrected chi connectivity index (χ2v) is 6.51. The monoisotopic (exact) mass is 295 g/mol. The minimum Gasteiger partial charge on any atom is -0.206 e. The highest BCUT2D eigenvalue weighted by Crippen LogP contribution is 2.31. The van der Waals surface area contributed by atoms with Gasteiger partial charge in [0.2, 0.25) is 0 Å². The molecule has 0 spiro atoms. The Hall–Kier alpha value is -1.61. The van der Waals surface area contributed by atoms with E-state index >= 15 is 0 Å². The molecule has 3 heteroatoms. The number of thiophene rings is 1. The highest BCUT2D eigenvalue weighted by atomic mass is 32.1. The molecule has 0 unspecified atom stereocenters. The summed E-state index contributed by atoms with van der Waals surface area (Å²) in [6.45, 7) is 4.14. The largest absolute Gasteiger partial charge is 0.206 e. The molecule has 0 amide bonds. The van der Waals surface area contributed by atoms with Crippen LogP contribution in [-0.2, 0) is 0 Å². The van der Waals surface area contributed by atoms with E-state index < -0.39 is 0 Å². The van der Waals surface area contributed by atoms with Crippen LogP contribution in [0.3, 0.4) is 0 Å².